The van der Waals surface area contributed by atoms with Gasteiger partial charge in [-0.3, -0.25) is 4.79 Å². The number of nitrogens with one attached hydrogen (secondary N) is 1. The van der Waals surface area contributed by atoms with Crippen molar-refractivity contribution >= 4 is 17.5 Å². The first kappa shape index (κ1) is 25.0. The van der Waals surface area contributed by atoms with E-state index in [4.69, 9.17) is 4.74 Å². The molecule has 36 heavy (non-hydrogen) atoms. The fourth-order valence-electron chi connectivity index (χ4n) is 5.66. The second-order valence-electron chi connectivity index (χ2n) is 10.4. The zero-order chi connectivity index (χ0) is 24.6. The number of carbonyl (C=O) groups excluding carboxylic acids is 1. The van der Waals surface area contributed by atoms with Gasteiger partial charge in [0.2, 0.25) is 5.91 Å². The molecule has 0 atom stereocenters. The lowest BCUT2D eigenvalue weighted by Crippen LogP contribution is -2.44. The molecule has 8 heteroatoms. The van der Waals surface area contributed by atoms with Crippen LogP contribution in [0.2, 0.25) is 0 Å². The second kappa shape index (κ2) is 12.5. The number of aromatic nitrogens is 2. The molecule has 0 unspecified atom stereocenters. The predicted octanol–water partition coefficient (Wildman–Crippen LogP) is 2.60. The van der Waals surface area contributed by atoms with Crippen LogP contribution in [0, 0.1) is 11.8 Å². The smallest absolute Gasteiger partial charge is 0.223 e. The van der Waals surface area contributed by atoms with Crippen molar-refractivity contribution in [1.29, 1.82) is 0 Å². The van der Waals surface area contributed by atoms with Crippen molar-refractivity contribution < 1.29 is 9.53 Å². The van der Waals surface area contributed by atoms with Crippen molar-refractivity contribution in [2.75, 3.05) is 75.4 Å². The van der Waals surface area contributed by atoms with E-state index in [0.717, 1.165) is 96.0 Å². The Morgan fingerprint density at radius 1 is 0.833 bits per heavy atom. The molecule has 0 radical (unpaired) electrons. The van der Waals surface area contributed by atoms with Crippen LogP contribution < -0.4 is 15.1 Å². The fraction of sp³-hybridized carbons (Fsp3) is 0.607. The maximum atomic E-state index is 12.8. The molecule has 3 aliphatic heterocycles. The van der Waals surface area contributed by atoms with Gasteiger partial charge in [0.1, 0.15) is 0 Å². The van der Waals surface area contributed by atoms with Crippen LogP contribution in [0.5, 0.6) is 0 Å². The number of hydrogen-bond donors (Lipinski definition) is 1. The Bertz CT molecular complexity index is 934. The number of ether oxygens (including phenoxy) is 1. The van der Waals surface area contributed by atoms with Gasteiger partial charge in [0.25, 0.3) is 0 Å². The van der Waals surface area contributed by atoms with Crippen molar-refractivity contribution in [2.45, 2.75) is 32.1 Å². The van der Waals surface area contributed by atoms with E-state index in [1.807, 2.05) is 0 Å². The number of amides is 1. The van der Waals surface area contributed by atoms with Crippen LogP contribution in [0.4, 0.5) is 11.6 Å². The molecule has 0 spiro atoms. The summed E-state index contributed by atoms with van der Waals surface area (Å²) >= 11 is 0. The van der Waals surface area contributed by atoms with Gasteiger partial charge in [-0.1, -0.05) is 30.3 Å². The number of piperidine rings is 2. The summed E-state index contributed by atoms with van der Waals surface area (Å²) in [5.74, 6) is 2.91. The molecular weight excluding hydrogens is 452 g/mol. The van der Waals surface area contributed by atoms with Crippen LogP contribution >= 0.6 is 0 Å². The van der Waals surface area contributed by atoms with Crippen molar-refractivity contribution in [3.05, 3.63) is 48.0 Å². The number of morpholine rings is 1. The summed E-state index contributed by atoms with van der Waals surface area (Å²) in [6, 6.07) is 14.9. The number of benzene rings is 1. The first-order valence-electron chi connectivity index (χ1n) is 13.7. The highest BCUT2D eigenvalue weighted by atomic mass is 16.5. The molecule has 8 nitrogen and oxygen atoms in total. The Morgan fingerprint density at radius 2 is 1.47 bits per heavy atom. The van der Waals surface area contributed by atoms with E-state index < -0.39 is 0 Å². The first-order valence-corrected chi connectivity index (χ1v) is 13.7. The topological polar surface area (TPSA) is 73.8 Å². The predicted molar refractivity (Wildman–Crippen MR) is 142 cm³/mol. The Morgan fingerprint density at radius 3 is 2.11 bits per heavy atom. The van der Waals surface area contributed by atoms with Crippen LogP contribution in [0.25, 0.3) is 0 Å². The van der Waals surface area contributed by atoms with E-state index in [0.29, 0.717) is 0 Å². The third-order valence-electron chi connectivity index (χ3n) is 7.96. The van der Waals surface area contributed by atoms with E-state index in [9.17, 15) is 4.79 Å². The van der Waals surface area contributed by atoms with Gasteiger partial charge < -0.3 is 24.8 Å². The number of likely N-dealkylation sites (tertiary alicyclic amines) is 1. The molecule has 1 amide bonds. The molecule has 194 valence electrons. The minimum atomic E-state index is 0.0958. The number of rotatable bonds is 8. The Balaban J connectivity index is 0.976. The average molecular weight is 493 g/mol. The Kier molecular flexibility index (Phi) is 8.67. The van der Waals surface area contributed by atoms with Crippen LogP contribution in [-0.2, 0) is 16.0 Å². The van der Waals surface area contributed by atoms with Crippen LogP contribution in [0.15, 0.2) is 42.5 Å². The van der Waals surface area contributed by atoms with Gasteiger partial charge in [-0.15, -0.1) is 10.2 Å². The molecule has 1 N–H and O–H groups in total. The van der Waals surface area contributed by atoms with Crippen LogP contribution in [-0.4, -0.2) is 86.6 Å². The number of anilines is 2. The number of nitrogens with zero attached hydrogens (tertiary/aromatic N) is 5. The first-order chi connectivity index (χ1) is 17.7. The molecule has 2 aromatic rings. The van der Waals surface area contributed by atoms with Gasteiger partial charge in [-0.2, -0.15) is 0 Å². The molecule has 1 aromatic heterocycles. The molecule has 0 aliphatic carbocycles. The second-order valence-corrected chi connectivity index (χ2v) is 10.4. The lowest BCUT2D eigenvalue weighted by atomic mass is 9.90. The van der Waals surface area contributed by atoms with Crippen molar-refractivity contribution in [1.82, 2.24) is 20.4 Å². The molecule has 3 saturated heterocycles. The zero-order valence-corrected chi connectivity index (χ0v) is 21.4. The van der Waals surface area contributed by atoms with E-state index in [2.05, 4.69) is 72.7 Å². The minimum Gasteiger partial charge on any atom is -0.378 e. The van der Waals surface area contributed by atoms with Crippen LogP contribution in [0.1, 0.15) is 31.2 Å². The molecule has 5 rings (SSSR count). The maximum Gasteiger partial charge on any atom is 0.223 e. The molecule has 1 aromatic carbocycles. The van der Waals surface area contributed by atoms with Gasteiger partial charge in [-0.25, -0.2) is 0 Å². The van der Waals surface area contributed by atoms with Crippen molar-refractivity contribution in [3.63, 3.8) is 0 Å². The standard InChI is InChI=1S/C28H40N6O2/c35-28(29-12-17-32-13-8-24(9-14-32)22-23-4-2-1-3-5-23)25-10-15-33(16-11-25)26-6-7-27(31-30-26)34-18-20-36-21-19-34/h1-7,24-25H,8-22H2,(H,29,35). The Hall–Kier alpha value is -2.71. The summed E-state index contributed by atoms with van der Waals surface area (Å²) in [7, 11) is 0. The zero-order valence-electron chi connectivity index (χ0n) is 21.4. The van der Waals surface area contributed by atoms with Crippen LogP contribution in [0.3, 0.4) is 0 Å². The van der Waals surface area contributed by atoms with Crippen molar-refractivity contribution in [2.24, 2.45) is 11.8 Å². The largest absolute Gasteiger partial charge is 0.378 e. The average Bonchev–Trinajstić information content (AvgIpc) is 2.95. The SMILES string of the molecule is O=C(NCCN1CCC(Cc2ccccc2)CC1)C1CCN(c2ccc(N3CCOCC3)nn2)CC1. The molecule has 3 fully saturated rings. The van der Waals surface area contributed by atoms with E-state index in [1.54, 1.807) is 0 Å². The molecule has 0 bridgehead atoms. The highest BCUT2D eigenvalue weighted by molar-refractivity contribution is 5.79. The van der Waals surface area contributed by atoms with E-state index in [-0.39, 0.29) is 11.8 Å². The van der Waals surface area contributed by atoms with Crippen molar-refractivity contribution in [3.8, 4) is 0 Å². The normalized spacial score (nSPS) is 20.4. The summed E-state index contributed by atoms with van der Waals surface area (Å²) in [6.45, 7) is 8.87. The maximum absolute atomic E-state index is 12.8. The quantitative estimate of drug-likeness (QED) is 0.607. The van der Waals surface area contributed by atoms with Gasteiger partial charge >= 0.3 is 0 Å². The summed E-state index contributed by atoms with van der Waals surface area (Å²) in [6.07, 6.45) is 5.41. The molecule has 3 aliphatic rings. The third-order valence-corrected chi connectivity index (χ3v) is 7.96. The fourth-order valence-corrected chi connectivity index (χ4v) is 5.66. The lowest BCUT2D eigenvalue weighted by Gasteiger charge is -2.33. The minimum absolute atomic E-state index is 0.0958. The Labute approximate surface area is 215 Å². The van der Waals surface area contributed by atoms with Gasteiger partial charge in [0.05, 0.1) is 13.2 Å². The van der Waals surface area contributed by atoms with Gasteiger partial charge in [-0.05, 0) is 68.8 Å². The molecular formula is C28H40N6O2. The van der Waals surface area contributed by atoms with E-state index >= 15 is 0 Å². The third kappa shape index (κ3) is 6.73. The highest BCUT2D eigenvalue weighted by Crippen LogP contribution is 2.24. The number of carbonyl (C=O) groups is 1. The molecule has 4 heterocycles. The highest BCUT2D eigenvalue weighted by Gasteiger charge is 2.26. The van der Waals surface area contributed by atoms with E-state index in [1.165, 1.54) is 24.8 Å². The number of hydrogen-bond acceptors (Lipinski definition) is 7. The van der Waals surface area contributed by atoms with Gasteiger partial charge in [0.15, 0.2) is 11.6 Å². The lowest BCUT2D eigenvalue weighted by molar-refractivity contribution is -0.125. The van der Waals surface area contributed by atoms with Gasteiger partial charge in [0, 0.05) is 45.2 Å². The molecule has 0 saturated carbocycles. The monoisotopic (exact) mass is 492 g/mol. The summed E-state index contributed by atoms with van der Waals surface area (Å²) in [5, 5.41) is 12.1. The summed E-state index contributed by atoms with van der Waals surface area (Å²) in [4.78, 5) is 19.7. The summed E-state index contributed by atoms with van der Waals surface area (Å²) < 4.78 is 5.41. The summed E-state index contributed by atoms with van der Waals surface area (Å²) in [5.41, 5.74) is 1.45.